The Balaban J connectivity index is 1.84. The van der Waals surface area contributed by atoms with E-state index in [1.54, 1.807) is 0 Å². The lowest BCUT2D eigenvalue weighted by Crippen LogP contribution is -2.39. The lowest BCUT2D eigenvalue weighted by molar-refractivity contribution is 0.281. The Bertz CT molecular complexity index is 354. The summed E-state index contributed by atoms with van der Waals surface area (Å²) in [6.45, 7) is 0.980. The van der Waals surface area contributed by atoms with E-state index in [0.29, 0.717) is 12.1 Å². The zero-order valence-corrected chi connectivity index (χ0v) is 10.2. The van der Waals surface area contributed by atoms with Gasteiger partial charge in [-0.3, -0.25) is 0 Å². The first-order valence-corrected chi connectivity index (χ1v) is 6.45. The summed E-state index contributed by atoms with van der Waals surface area (Å²) >= 11 is 0. The van der Waals surface area contributed by atoms with Crippen LogP contribution in [0, 0.1) is 0 Å². The Morgan fingerprint density at radius 3 is 2.88 bits per heavy atom. The average Bonchev–Trinajstić information content (AvgIpc) is 2.37. The summed E-state index contributed by atoms with van der Waals surface area (Å²) in [5, 5.41) is 12.6. The van der Waals surface area contributed by atoms with Crippen LogP contribution in [0.5, 0.6) is 0 Å². The topological polar surface area (TPSA) is 58.3 Å². The minimum atomic E-state index is 0.113. The number of nitrogens with one attached hydrogen (secondary N) is 1. The summed E-state index contributed by atoms with van der Waals surface area (Å²) in [6.07, 6.45) is 4.71. The van der Waals surface area contributed by atoms with Crippen LogP contribution in [0.15, 0.2) is 24.3 Å². The highest BCUT2D eigenvalue weighted by molar-refractivity contribution is 5.22. The van der Waals surface area contributed by atoms with Gasteiger partial charge in [-0.2, -0.15) is 0 Å². The van der Waals surface area contributed by atoms with Crippen molar-refractivity contribution in [3.05, 3.63) is 35.4 Å². The van der Waals surface area contributed by atoms with Crippen LogP contribution in [-0.4, -0.2) is 17.2 Å². The fraction of sp³-hybridized carbons (Fsp3) is 0.571. The summed E-state index contributed by atoms with van der Waals surface area (Å²) in [7, 11) is 0. The molecule has 1 saturated carbocycles. The SMILES string of the molecule is NC1CCCC(NCc2cccc(CO)c2)C1. The maximum absolute atomic E-state index is 9.08. The molecule has 1 aromatic carbocycles. The van der Waals surface area contributed by atoms with E-state index in [2.05, 4.69) is 17.4 Å². The van der Waals surface area contributed by atoms with E-state index < -0.39 is 0 Å². The van der Waals surface area contributed by atoms with E-state index in [0.717, 1.165) is 24.9 Å². The van der Waals surface area contributed by atoms with Crippen molar-refractivity contribution in [2.45, 2.75) is 50.9 Å². The molecule has 4 N–H and O–H groups in total. The molecule has 3 heteroatoms. The predicted octanol–water partition coefficient (Wildman–Crippen LogP) is 1.54. The van der Waals surface area contributed by atoms with Crippen molar-refractivity contribution in [3.63, 3.8) is 0 Å². The zero-order valence-electron chi connectivity index (χ0n) is 10.2. The number of rotatable bonds is 4. The molecule has 17 heavy (non-hydrogen) atoms. The molecule has 0 aromatic heterocycles. The van der Waals surface area contributed by atoms with Crippen molar-refractivity contribution < 1.29 is 5.11 Å². The Kier molecular flexibility index (Phi) is 4.54. The van der Waals surface area contributed by atoms with Gasteiger partial charge in [0.2, 0.25) is 0 Å². The summed E-state index contributed by atoms with van der Waals surface area (Å²) in [4.78, 5) is 0. The number of aliphatic hydroxyl groups excluding tert-OH is 1. The highest BCUT2D eigenvalue weighted by Crippen LogP contribution is 2.17. The maximum atomic E-state index is 9.08. The second kappa shape index (κ2) is 6.15. The van der Waals surface area contributed by atoms with Gasteiger partial charge in [0.05, 0.1) is 6.61 Å². The van der Waals surface area contributed by atoms with E-state index in [4.69, 9.17) is 10.8 Å². The molecule has 1 fully saturated rings. The van der Waals surface area contributed by atoms with Gasteiger partial charge in [-0.15, -0.1) is 0 Å². The lowest BCUT2D eigenvalue weighted by Gasteiger charge is -2.27. The summed E-state index contributed by atoms with van der Waals surface area (Å²) in [5.74, 6) is 0. The Morgan fingerprint density at radius 2 is 2.12 bits per heavy atom. The first-order valence-electron chi connectivity index (χ1n) is 6.45. The quantitative estimate of drug-likeness (QED) is 0.740. The monoisotopic (exact) mass is 234 g/mol. The average molecular weight is 234 g/mol. The summed E-state index contributed by atoms with van der Waals surface area (Å²) in [5.41, 5.74) is 8.18. The van der Waals surface area contributed by atoms with Gasteiger partial charge in [0.25, 0.3) is 0 Å². The van der Waals surface area contributed by atoms with Gasteiger partial charge in [-0.1, -0.05) is 30.7 Å². The summed E-state index contributed by atoms with van der Waals surface area (Å²) in [6, 6.07) is 9.00. The van der Waals surface area contributed by atoms with Gasteiger partial charge in [0.1, 0.15) is 0 Å². The lowest BCUT2D eigenvalue weighted by atomic mass is 9.91. The van der Waals surface area contributed by atoms with Crippen LogP contribution in [0.2, 0.25) is 0 Å². The van der Waals surface area contributed by atoms with Crippen molar-refractivity contribution in [2.75, 3.05) is 0 Å². The molecule has 2 rings (SSSR count). The Labute approximate surface area is 103 Å². The largest absolute Gasteiger partial charge is 0.392 e. The van der Waals surface area contributed by atoms with Crippen LogP contribution in [0.1, 0.15) is 36.8 Å². The molecule has 0 heterocycles. The first kappa shape index (κ1) is 12.6. The zero-order chi connectivity index (χ0) is 12.1. The van der Waals surface area contributed by atoms with Crippen molar-refractivity contribution >= 4 is 0 Å². The Hall–Kier alpha value is -0.900. The Morgan fingerprint density at radius 1 is 1.29 bits per heavy atom. The predicted molar refractivity (Wildman–Crippen MR) is 69.4 cm³/mol. The standard InChI is InChI=1S/C14H22N2O/c15-13-5-2-6-14(8-13)16-9-11-3-1-4-12(7-11)10-17/h1,3-4,7,13-14,16-17H,2,5-6,8-10,15H2. The molecular formula is C14H22N2O. The van der Waals surface area contributed by atoms with Crippen LogP contribution in [0.25, 0.3) is 0 Å². The number of aliphatic hydroxyl groups is 1. The van der Waals surface area contributed by atoms with Gasteiger partial charge < -0.3 is 16.2 Å². The van der Waals surface area contributed by atoms with E-state index in [1.165, 1.54) is 18.4 Å². The molecule has 0 amide bonds. The van der Waals surface area contributed by atoms with Gasteiger partial charge >= 0.3 is 0 Å². The molecule has 1 aromatic rings. The minimum Gasteiger partial charge on any atom is -0.392 e. The maximum Gasteiger partial charge on any atom is 0.0681 e. The van der Waals surface area contributed by atoms with Crippen LogP contribution >= 0.6 is 0 Å². The van der Waals surface area contributed by atoms with E-state index in [9.17, 15) is 0 Å². The fourth-order valence-electron chi connectivity index (χ4n) is 2.51. The van der Waals surface area contributed by atoms with Crippen molar-refractivity contribution in [2.24, 2.45) is 5.73 Å². The molecule has 2 unspecified atom stereocenters. The molecule has 1 aliphatic carbocycles. The molecule has 0 saturated heterocycles. The van der Waals surface area contributed by atoms with Gasteiger partial charge in [0, 0.05) is 18.6 Å². The van der Waals surface area contributed by atoms with Gasteiger partial charge in [0.15, 0.2) is 0 Å². The molecule has 0 aliphatic heterocycles. The second-order valence-electron chi connectivity index (χ2n) is 4.98. The smallest absolute Gasteiger partial charge is 0.0681 e. The molecule has 0 bridgehead atoms. The summed E-state index contributed by atoms with van der Waals surface area (Å²) < 4.78 is 0. The number of benzene rings is 1. The molecule has 3 nitrogen and oxygen atoms in total. The third-order valence-electron chi connectivity index (χ3n) is 3.48. The van der Waals surface area contributed by atoms with E-state index in [1.807, 2.05) is 12.1 Å². The van der Waals surface area contributed by atoms with E-state index >= 15 is 0 Å². The van der Waals surface area contributed by atoms with Gasteiger partial charge in [-0.25, -0.2) is 0 Å². The molecule has 1 aliphatic rings. The third kappa shape index (κ3) is 3.80. The number of hydrogen-bond acceptors (Lipinski definition) is 3. The highest BCUT2D eigenvalue weighted by Gasteiger charge is 2.18. The molecule has 0 radical (unpaired) electrons. The molecular weight excluding hydrogens is 212 g/mol. The van der Waals surface area contributed by atoms with Crippen LogP contribution in [-0.2, 0) is 13.2 Å². The van der Waals surface area contributed by atoms with Crippen LogP contribution in [0.4, 0.5) is 0 Å². The van der Waals surface area contributed by atoms with Crippen molar-refractivity contribution in [1.29, 1.82) is 0 Å². The fourth-order valence-corrected chi connectivity index (χ4v) is 2.51. The highest BCUT2D eigenvalue weighted by atomic mass is 16.3. The molecule has 0 spiro atoms. The van der Waals surface area contributed by atoms with Crippen molar-refractivity contribution in [3.8, 4) is 0 Å². The number of nitrogens with two attached hydrogens (primary N) is 1. The number of hydrogen-bond donors (Lipinski definition) is 3. The van der Waals surface area contributed by atoms with Crippen molar-refractivity contribution in [1.82, 2.24) is 5.32 Å². The molecule has 2 atom stereocenters. The second-order valence-corrected chi connectivity index (χ2v) is 4.98. The van der Waals surface area contributed by atoms with Crippen LogP contribution < -0.4 is 11.1 Å². The first-order chi connectivity index (χ1) is 8.28. The molecule has 94 valence electrons. The van der Waals surface area contributed by atoms with E-state index in [-0.39, 0.29) is 6.61 Å². The minimum absolute atomic E-state index is 0.113. The third-order valence-corrected chi connectivity index (χ3v) is 3.48. The normalized spacial score (nSPS) is 24.8. The van der Waals surface area contributed by atoms with Gasteiger partial charge in [-0.05, 0) is 30.4 Å². The van der Waals surface area contributed by atoms with Crippen LogP contribution in [0.3, 0.4) is 0 Å².